The fourth-order valence-electron chi connectivity index (χ4n) is 2.57. The molecule has 0 spiro atoms. The topological polar surface area (TPSA) is 114 Å². The molecule has 0 radical (unpaired) electrons. The van der Waals surface area contributed by atoms with Crippen molar-refractivity contribution in [2.24, 2.45) is 0 Å². The molecule has 2 aromatic carbocycles. The van der Waals surface area contributed by atoms with E-state index < -0.39 is 21.8 Å². The minimum Gasteiger partial charge on any atom is -0.490 e. The number of carbonyl (C=O) groups is 2. The maximum absolute atomic E-state index is 12.5. The lowest BCUT2D eigenvalue weighted by Crippen LogP contribution is -2.41. The van der Waals surface area contributed by atoms with E-state index in [4.69, 9.17) is 21.1 Å². The van der Waals surface area contributed by atoms with Gasteiger partial charge in [-0.1, -0.05) is 24.6 Å². The van der Waals surface area contributed by atoms with Gasteiger partial charge in [0.25, 0.3) is 11.8 Å². The van der Waals surface area contributed by atoms with Gasteiger partial charge >= 0.3 is 0 Å². The third-order valence-electron chi connectivity index (χ3n) is 4.19. The summed E-state index contributed by atoms with van der Waals surface area (Å²) in [6.07, 6.45) is 0.771. The van der Waals surface area contributed by atoms with Gasteiger partial charge in [-0.05, 0) is 43.7 Å². The Morgan fingerprint density at radius 3 is 2.25 bits per heavy atom. The molecule has 0 aromatic heterocycles. The molecule has 2 amide bonds. The van der Waals surface area contributed by atoms with Crippen LogP contribution in [0.4, 0.5) is 0 Å². The average Bonchev–Trinajstić information content (AvgIpc) is 2.76. The normalized spacial score (nSPS) is 11.2. The van der Waals surface area contributed by atoms with Crippen molar-refractivity contribution in [2.45, 2.75) is 25.2 Å². The first-order valence-electron chi connectivity index (χ1n) is 9.84. The van der Waals surface area contributed by atoms with Gasteiger partial charge in [-0.2, -0.15) is 0 Å². The van der Waals surface area contributed by atoms with Crippen LogP contribution in [0.1, 0.15) is 41.0 Å². The summed E-state index contributed by atoms with van der Waals surface area (Å²) in [6.45, 7) is 4.51. The van der Waals surface area contributed by atoms with Crippen molar-refractivity contribution in [3.8, 4) is 11.5 Å². The number of hydrogen-bond acceptors (Lipinski definition) is 6. The number of ether oxygens (including phenoxy) is 2. The number of hydrazine groups is 1. The Balaban J connectivity index is 2.16. The molecule has 0 bridgehead atoms. The van der Waals surface area contributed by atoms with E-state index in [2.05, 4.69) is 10.9 Å². The second kappa shape index (κ2) is 11.2. The summed E-state index contributed by atoms with van der Waals surface area (Å²) in [7, 11) is -0.925. The largest absolute Gasteiger partial charge is 0.490 e. The van der Waals surface area contributed by atoms with Crippen molar-refractivity contribution >= 4 is 33.4 Å². The van der Waals surface area contributed by atoms with Gasteiger partial charge in [-0.15, -0.1) is 0 Å². The van der Waals surface area contributed by atoms with Crippen LogP contribution in [0.5, 0.6) is 11.5 Å². The second-order valence-electron chi connectivity index (χ2n) is 6.79. The van der Waals surface area contributed by atoms with Crippen LogP contribution in [0.15, 0.2) is 41.3 Å². The summed E-state index contributed by atoms with van der Waals surface area (Å²) in [5, 5.41) is 0.197. The molecule has 9 nitrogen and oxygen atoms in total. The molecule has 2 aromatic rings. The highest BCUT2D eigenvalue weighted by Gasteiger charge is 2.20. The number of halogens is 1. The summed E-state index contributed by atoms with van der Waals surface area (Å²) in [6, 6.07) is 8.34. The molecule has 174 valence electrons. The van der Waals surface area contributed by atoms with E-state index in [1.807, 2.05) is 6.92 Å². The SMILES string of the molecule is CCCOc1c(Cl)cc(C(=O)NNC(=O)c2cccc(S(=O)(=O)N(C)C)c2)cc1OCC. The number of amides is 2. The van der Waals surface area contributed by atoms with E-state index in [0.717, 1.165) is 10.7 Å². The number of sulfonamides is 1. The summed E-state index contributed by atoms with van der Waals surface area (Å²) in [4.78, 5) is 24.9. The molecule has 32 heavy (non-hydrogen) atoms. The van der Waals surface area contributed by atoms with Gasteiger partial charge in [0.05, 0.1) is 23.1 Å². The first kappa shape index (κ1) is 25.4. The van der Waals surface area contributed by atoms with E-state index in [9.17, 15) is 18.0 Å². The predicted molar refractivity (Wildman–Crippen MR) is 121 cm³/mol. The van der Waals surface area contributed by atoms with Crippen molar-refractivity contribution in [1.29, 1.82) is 0 Å². The van der Waals surface area contributed by atoms with Gasteiger partial charge in [-0.3, -0.25) is 20.4 Å². The van der Waals surface area contributed by atoms with Gasteiger partial charge in [0.1, 0.15) is 0 Å². The Hall–Kier alpha value is -2.82. The molecule has 2 N–H and O–H groups in total. The highest BCUT2D eigenvalue weighted by atomic mass is 35.5. The van der Waals surface area contributed by atoms with E-state index in [1.54, 1.807) is 6.92 Å². The minimum absolute atomic E-state index is 0.0442. The molecular weight excluding hydrogens is 458 g/mol. The molecule has 11 heteroatoms. The summed E-state index contributed by atoms with van der Waals surface area (Å²) in [5.74, 6) is -0.671. The lowest BCUT2D eigenvalue weighted by molar-refractivity contribution is 0.0846. The average molecular weight is 484 g/mol. The number of nitrogens with zero attached hydrogens (tertiary/aromatic N) is 1. The van der Waals surface area contributed by atoms with Crippen LogP contribution in [0, 0.1) is 0 Å². The summed E-state index contributed by atoms with van der Waals surface area (Å²) >= 11 is 6.26. The van der Waals surface area contributed by atoms with E-state index in [-0.39, 0.29) is 21.0 Å². The molecule has 0 aliphatic heterocycles. The zero-order chi connectivity index (χ0) is 23.9. The van der Waals surface area contributed by atoms with Crippen LogP contribution >= 0.6 is 11.6 Å². The molecular formula is C21H26ClN3O6S. The van der Waals surface area contributed by atoms with Crippen molar-refractivity contribution in [3.63, 3.8) is 0 Å². The van der Waals surface area contributed by atoms with E-state index in [1.165, 1.54) is 50.5 Å². The fraction of sp³-hybridized carbons (Fsp3) is 0.333. The Kier molecular flexibility index (Phi) is 8.88. The van der Waals surface area contributed by atoms with Crippen molar-refractivity contribution in [2.75, 3.05) is 27.3 Å². The maximum atomic E-state index is 12.5. The van der Waals surface area contributed by atoms with Crippen molar-refractivity contribution < 1.29 is 27.5 Å². The molecule has 0 saturated carbocycles. The standard InChI is InChI=1S/C21H26ClN3O6S/c1-5-10-31-19-17(22)12-15(13-18(19)30-6-2)21(27)24-23-20(26)14-8-7-9-16(11-14)32(28,29)25(3)4/h7-9,11-13H,5-6,10H2,1-4H3,(H,23,26)(H,24,27). The third kappa shape index (κ3) is 6.12. The van der Waals surface area contributed by atoms with Crippen LogP contribution in [0.2, 0.25) is 5.02 Å². The molecule has 0 aliphatic carbocycles. The van der Waals surface area contributed by atoms with Gasteiger partial charge in [0.15, 0.2) is 11.5 Å². The van der Waals surface area contributed by atoms with Crippen LogP contribution in [0.25, 0.3) is 0 Å². The molecule has 0 fully saturated rings. The quantitative estimate of drug-likeness (QED) is 0.530. The Labute approximate surface area is 192 Å². The highest BCUT2D eigenvalue weighted by molar-refractivity contribution is 7.89. The van der Waals surface area contributed by atoms with Crippen LogP contribution in [0.3, 0.4) is 0 Å². The molecule has 0 saturated heterocycles. The zero-order valence-electron chi connectivity index (χ0n) is 18.3. The molecule has 0 heterocycles. The first-order valence-corrected chi connectivity index (χ1v) is 11.7. The van der Waals surface area contributed by atoms with Gasteiger partial charge in [0, 0.05) is 25.2 Å². The van der Waals surface area contributed by atoms with Crippen LogP contribution in [-0.4, -0.2) is 51.8 Å². The Morgan fingerprint density at radius 2 is 1.66 bits per heavy atom. The van der Waals surface area contributed by atoms with Crippen LogP contribution < -0.4 is 20.3 Å². The summed E-state index contributed by atoms with van der Waals surface area (Å²) < 4.78 is 36.7. The van der Waals surface area contributed by atoms with Gasteiger partial charge in [-0.25, -0.2) is 12.7 Å². The number of rotatable bonds is 9. The number of carbonyl (C=O) groups excluding carboxylic acids is 2. The van der Waals surface area contributed by atoms with E-state index >= 15 is 0 Å². The zero-order valence-corrected chi connectivity index (χ0v) is 19.8. The Morgan fingerprint density at radius 1 is 1.00 bits per heavy atom. The number of nitrogens with one attached hydrogen (secondary N) is 2. The van der Waals surface area contributed by atoms with Gasteiger partial charge in [0.2, 0.25) is 10.0 Å². The molecule has 0 atom stereocenters. The maximum Gasteiger partial charge on any atom is 0.269 e. The Bertz CT molecular complexity index is 1090. The molecule has 2 rings (SSSR count). The predicted octanol–water partition coefficient (Wildman–Crippen LogP) is 2.85. The highest BCUT2D eigenvalue weighted by Crippen LogP contribution is 2.36. The fourth-order valence-corrected chi connectivity index (χ4v) is 3.79. The third-order valence-corrected chi connectivity index (χ3v) is 6.28. The molecule has 0 aliphatic rings. The first-order chi connectivity index (χ1) is 15.1. The minimum atomic E-state index is -3.71. The van der Waals surface area contributed by atoms with Crippen molar-refractivity contribution in [1.82, 2.24) is 15.2 Å². The molecule has 0 unspecified atom stereocenters. The lowest BCUT2D eigenvalue weighted by Gasteiger charge is -2.15. The lowest BCUT2D eigenvalue weighted by atomic mass is 10.2. The number of hydrogen-bond donors (Lipinski definition) is 2. The monoisotopic (exact) mass is 483 g/mol. The smallest absolute Gasteiger partial charge is 0.269 e. The van der Waals surface area contributed by atoms with E-state index in [0.29, 0.717) is 24.7 Å². The summed E-state index contributed by atoms with van der Waals surface area (Å²) in [5.41, 5.74) is 4.75. The number of benzene rings is 2. The van der Waals surface area contributed by atoms with Gasteiger partial charge < -0.3 is 9.47 Å². The van der Waals surface area contributed by atoms with Crippen LogP contribution in [-0.2, 0) is 10.0 Å². The van der Waals surface area contributed by atoms with Crippen molar-refractivity contribution in [3.05, 3.63) is 52.5 Å². The second-order valence-corrected chi connectivity index (χ2v) is 9.35.